The minimum absolute atomic E-state index is 0.353. The van der Waals surface area contributed by atoms with Crippen LogP contribution in [0.1, 0.15) is 47.0 Å². The molecule has 0 bridgehead atoms. The van der Waals surface area contributed by atoms with Crippen molar-refractivity contribution in [3.05, 3.63) is 0 Å². The first-order valence-corrected chi connectivity index (χ1v) is 6.37. The number of piperidine rings is 1. The first kappa shape index (κ1) is 11.4. The third kappa shape index (κ3) is 2.73. The molecule has 0 aromatic heterocycles. The van der Waals surface area contributed by atoms with Gasteiger partial charge in [-0.05, 0) is 45.1 Å². The van der Waals surface area contributed by atoms with Gasteiger partial charge in [0.05, 0.1) is 0 Å². The van der Waals surface area contributed by atoms with Gasteiger partial charge in [-0.3, -0.25) is 4.90 Å². The van der Waals surface area contributed by atoms with E-state index in [0.29, 0.717) is 11.0 Å². The van der Waals surface area contributed by atoms with Crippen molar-refractivity contribution in [2.45, 2.75) is 58.5 Å². The van der Waals surface area contributed by atoms with Crippen molar-refractivity contribution >= 4 is 0 Å². The van der Waals surface area contributed by atoms with E-state index in [-0.39, 0.29) is 0 Å². The summed E-state index contributed by atoms with van der Waals surface area (Å²) in [6, 6.07) is 0.777. The normalized spacial score (nSPS) is 35.6. The summed E-state index contributed by atoms with van der Waals surface area (Å²) in [5.41, 5.74) is 0.886. The fourth-order valence-corrected chi connectivity index (χ4v) is 3.17. The molecular weight excluding hydrogens is 184 g/mol. The van der Waals surface area contributed by atoms with Gasteiger partial charge in [-0.2, -0.15) is 0 Å². The molecule has 1 unspecified atom stereocenters. The summed E-state index contributed by atoms with van der Waals surface area (Å²) in [4.78, 5) is 2.71. The van der Waals surface area contributed by atoms with Gasteiger partial charge >= 0.3 is 0 Å². The second-order valence-electron chi connectivity index (χ2n) is 6.86. The Hall–Kier alpha value is -0.0800. The first-order valence-electron chi connectivity index (χ1n) is 6.37. The number of rotatable bonds is 1. The Balaban J connectivity index is 1.94. The number of nitrogens with zero attached hydrogens (tertiary/aromatic N) is 1. The molecule has 0 spiro atoms. The van der Waals surface area contributed by atoms with E-state index in [2.05, 4.69) is 37.9 Å². The fourth-order valence-electron chi connectivity index (χ4n) is 3.17. The highest BCUT2D eigenvalue weighted by molar-refractivity contribution is 4.96. The summed E-state index contributed by atoms with van der Waals surface area (Å²) in [5.74, 6) is 0. The Bertz CT molecular complexity index is 233. The molecule has 2 aliphatic rings. The van der Waals surface area contributed by atoms with Crippen LogP contribution in [0.25, 0.3) is 0 Å². The van der Waals surface area contributed by atoms with Crippen LogP contribution < -0.4 is 5.32 Å². The van der Waals surface area contributed by atoms with Crippen molar-refractivity contribution in [1.82, 2.24) is 10.2 Å². The third-order valence-corrected chi connectivity index (χ3v) is 4.01. The molecule has 0 aliphatic carbocycles. The summed E-state index contributed by atoms with van der Waals surface area (Å²) in [5, 5.41) is 3.63. The second-order valence-corrected chi connectivity index (χ2v) is 6.86. The monoisotopic (exact) mass is 210 g/mol. The first-order chi connectivity index (χ1) is 6.88. The summed E-state index contributed by atoms with van der Waals surface area (Å²) >= 11 is 0. The molecule has 0 aromatic rings. The maximum absolute atomic E-state index is 3.63. The van der Waals surface area contributed by atoms with Crippen molar-refractivity contribution in [3.63, 3.8) is 0 Å². The predicted octanol–water partition coefficient (Wildman–Crippen LogP) is 2.25. The van der Waals surface area contributed by atoms with E-state index in [0.717, 1.165) is 6.04 Å². The molecule has 15 heavy (non-hydrogen) atoms. The zero-order valence-electron chi connectivity index (χ0n) is 10.8. The Morgan fingerprint density at radius 1 is 1.20 bits per heavy atom. The topological polar surface area (TPSA) is 15.3 Å². The summed E-state index contributed by atoms with van der Waals surface area (Å²) < 4.78 is 0. The molecule has 2 aliphatic heterocycles. The van der Waals surface area contributed by atoms with Crippen LogP contribution in [0.3, 0.4) is 0 Å². The molecule has 0 saturated carbocycles. The van der Waals surface area contributed by atoms with Gasteiger partial charge in [0.15, 0.2) is 0 Å². The van der Waals surface area contributed by atoms with Crippen LogP contribution in [-0.4, -0.2) is 36.1 Å². The van der Waals surface area contributed by atoms with Gasteiger partial charge < -0.3 is 5.32 Å². The van der Waals surface area contributed by atoms with Gasteiger partial charge in [0.2, 0.25) is 0 Å². The van der Waals surface area contributed by atoms with Gasteiger partial charge in [-0.15, -0.1) is 0 Å². The van der Waals surface area contributed by atoms with Gasteiger partial charge in [-0.25, -0.2) is 0 Å². The van der Waals surface area contributed by atoms with Crippen LogP contribution >= 0.6 is 0 Å². The summed E-state index contributed by atoms with van der Waals surface area (Å²) in [6.45, 7) is 13.2. The maximum atomic E-state index is 3.63. The molecule has 0 radical (unpaired) electrons. The Morgan fingerprint density at radius 3 is 2.47 bits per heavy atom. The number of likely N-dealkylation sites (tertiary alicyclic amines) is 1. The van der Waals surface area contributed by atoms with Crippen molar-refractivity contribution in [1.29, 1.82) is 0 Å². The van der Waals surface area contributed by atoms with E-state index in [1.807, 2.05) is 0 Å². The molecule has 2 heteroatoms. The zero-order valence-corrected chi connectivity index (χ0v) is 10.8. The molecule has 2 saturated heterocycles. The van der Waals surface area contributed by atoms with Crippen LogP contribution in [0.4, 0.5) is 0 Å². The lowest BCUT2D eigenvalue weighted by atomic mass is 9.83. The highest BCUT2D eigenvalue weighted by Crippen LogP contribution is 2.32. The molecule has 0 amide bonds. The van der Waals surface area contributed by atoms with Crippen LogP contribution in [0.5, 0.6) is 0 Å². The SMILES string of the molecule is CC1(C)CCCN(C2CNC(C)(C)C2)C1. The lowest BCUT2D eigenvalue weighted by molar-refractivity contribution is 0.0827. The number of hydrogen-bond donors (Lipinski definition) is 1. The van der Waals surface area contributed by atoms with Gasteiger partial charge in [0.25, 0.3) is 0 Å². The standard InChI is InChI=1S/C13H26N2/c1-12(2)6-5-7-15(10-12)11-8-13(3,4)14-9-11/h11,14H,5-10H2,1-4H3. The average Bonchev–Trinajstić information content (AvgIpc) is 2.44. The highest BCUT2D eigenvalue weighted by atomic mass is 15.2. The smallest absolute Gasteiger partial charge is 0.0238 e. The van der Waals surface area contributed by atoms with E-state index < -0.39 is 0 Å². The molecule has 1 N–H and O–H groups in total. The Labute approximate surface area is 94.4 Å². The van der Waals surface area contributed by atoms with Crippen LogP contribution in [0.2, 0.25) is 0 Å². The van der Waals surface area contributed by atoms with E-state index >= 15 is 0 Å². The average molecular weight is 210 g/mol. The molecule has 2 heterocycles. The zero-order chi connectivity index (χ0) is 11.1. The van der Waals surface area contributed by atoms with Crippen LogP contribution in [-0.2, 0) is 0 Å². The van der Waals surface area contributed by atoms with Gasteiger partial charge in [-0.1, -0.05) is 13.8 Å². The van der Waals surface area contributed by atoms with Crippen LogP contribution in [0, 0.1) is 5.41 Å². The quantitative estimate of drug-likeness (QED) is 0.714. The second kappa shape index (κ2) is 3.74. The molecular formula is C13H26N2. The van der Waals surface area contributed by atoms with Gasteiger partial charge in [0.1, 0.15) is 0 Å². The molecule has 2 nitrogen and oxygen atoms in total. The summed E-state index contributed by atoms with van der Waals surface area (Å²) in [7, 11) is 0. The van der Waals surface area contributed by atoms with Crippen molar-refractivity contribution < 1.29 is 0 Å². The summed E-state index contributed by atoms with van der Waals surface area (Å²) in [6.07, 6.45) is 4.08. The largest absolute Gasteiger partial charge is 0.310 e. The highest BCUT2D eigenvalue weighted by Gasteiger charge is 2.37. The maximum Gasteiger partial charge on any atom is 0.0238 e. The van der Waals surface area contributed by atoms with Crippen molar-refractivity contribution in [3.8, 4) is 0 Å². The van der Waals surface area contributed by atoms with Crippen molar-refractivity contribution in [2.75, 3.05) is 19.6 Å². The Morgan fingerprint density at radius 2 is 1.93 bits per heavy atom. The molecule has 2 rings (SSSR count). The lowest BCUT2D eigenvalue weighted by Crippen LogP contribution is -2.46. The predicted molar refractivity (Wildman–Crippen MR) is 65.1 cm³/mol. The van der Waals surface area contributed by atoms with E-state index in [4.69, 9.17) is 0 Å². The molecule has 88 valence electrons. The molecule has 0 aromatic carbocycles. The minimum atomic E-state index is 0.353. The number of nitrogens with one attached hydrogen (secondary N) is 1. The molecule has 1 atom stereocenters. The minimum Gasteiger partial charge on any atom is -0.310 e. The van der Waals surface area contributed by atoms with E-state index in [9.17, 15) is 0 Å². The van der Waals surface area contributed by atoms with E-state index in [1.165, 1.54) is 38.9 Å². The van der Waals surface area contributed by atoms with Crippen LogP contribution in [0.15, 0.2) is 0 Å². The third-order valence-electron chi connectivity index (χ3n) is 4.01. The lowest BCUT2D eigenvalue weighted by Gasteiger charge is -2.41. The van der Waals surface area contributed by atoms with Crippen molar-refractivity contribution in [2.24, 2.45) is 5.41 Å². The van der Waals surface area contributed by atoms with E-state index in [1.54, 1.807) is 0 Å². The fraction of sp³-hybridized carbons (Fsp3) is 1.00. The molecule has 2 fully saturated rings. The number of hydrogen-bond acceptors (Lipinski definition) is 2. The Kier molecular flexibility index (Phi) is 2.85. The van der Waals surface area contributed by atoms with Gasteiger partial charge in [0, 0.05) is 24.7 Å².